The molecule has 34 heavy (non-hydrogen) atoms. The van der Waals surface area contributed by atoms with E-state index in [0.29, 0.717) is 11.3 Å². The van der Waals surface area contributed by atoms with E-state index in [1.807, 2.05) is 0 Å². The Morgan fingerprint density at radius 2 is 1.65 bits per heavy atom. The number of hydrogen-bond donors (Lipinski definition) is 0. The van der Waals surface area contributed by atoms with Gasteiger partial charge in [-0.3, -0.25) is 4.98 Å². The predicted octanol–water partition coefficient (Wildman–Crippen LogP) is 8.95. The van der Waals surface area contributed by atoms with Gasteiger partial charge in [0.15, 0.2) is 0 Å². The zero-order chi connectivity index (χ0) is 23.0. The lowest BCUT2D eigenvalue weighted by molar-refractivity contribution is 0.376. The molecule has 0 bridgehead atoms. The normalized spacial score (nSPS) is 20.5. The van der Waals surface area contributed by atoms with E-state index in [-0.39, 0.29) is 0 Å². The summed E-state index contributed by atoms with van der Waals surface area (Å²) in [5, 5.41) is 2.80. The predicted molar refractivity (Wildman–Crippen MR) is 143 cm³/mol. The van der Waals surface area contributed by atoms with Gasteiger partial charge in [0, 0.05) is 17.1 Å². The van der Waals surface area contributed by atoms with Crippen LogP contribution >= 0.6 is 0 Å². The Balaban J connectivity index is 1.46. The molecule has 3 aliphatic carbocycles. The molecule has 1 unspecified atom stereocenters. The van der Waals surface area contributed by atoms with E-state index >= 15 is 0 Å². The summed E-state index contributed by atoms with van der Waals surface area (Å²) < 4.78 is 0. The minimum absolute atomic E-state index is 0.459. The lowest BCUT2D eigenvalue weighted by Gasteiger charge is -2.20. The molecule has 170 valence electrons. The van der Waals surface area contributed by atoms with Gasteiger partial charge in [-0.1, -0.05) is 50.2 Å². The molecule has 2 saturated carbocycles. The molecule has 3 aromatic carbocycles. The highest BCUT2D eigenvalue weighted by molar-refractivity contribution is 5.99. The average molecular weight is 444 g/mol. The van der Waals surface area contributed by atoms with E-state index in [0.717, 1.165) is 12.3 Å². The van der Waals surface area contributed by atoms with Crippen LogP contribution in [0.3, 0.4) is 0 Å². The summed E-state index contributed by atoms with van der Waals surface area (Å²) >= 11 is 0. The second-order valence-corrected chi connectivity index (χ2v) is 11.9. The first kappa shape index (κ1) is 20.4. The smallest absolute Gasteiger partial charge is 0.0783 e. The highest BCUT2D eigenvalue weighted by Crippen LogP contribution is 2.51. The number of hydrogen-bond acceptors (Lipinski definition) is 1. The minimum atomic E-state index is 0.459. The number of pyridine rings is 1. The zero-order valence-corrected chi connectivity index (χ0v) is 20.6. The van der Waals surface area contributed by atoms with Crippen LogP contribution < -0.4 is 0 Å². The third-order valence-corrected chi connectivity index (χ3v) is 8.72. The summed E-state index contributed by atoms with van der Waals surface area (Å²) in [7, 11) is 0. The van der Waals surface area contributed by atoms with E-state index in [1.165, 1.54) is 82.0 Å². The molecule has 1 atom stereocenters. The van der Waals surface area contributed by atoms with Crippen LogP contribution in [0.4, 0.5) is 0 Å². The van der Waals surface area contributed by atoms with Gasteiger partial charge in [0.05, 0.1) is 5.69 Å². The van der Waals surface area contributed by atoms with Gasteiger partial charge in [0.2, 0.25) is 0 Å². The lowest BCUT2D eigenvalue weighted by atomic mass is 9.85. The minimum Gasteiger partial charge on any atom is -0.256 e. The van der Waals surface area contributed by atoms with Crippen molar-refractivity contribution in [2.45, 2.75) is 71.1 Å². The topological polar surface area (TPSA) is 12.9 Å². The number of benzene rings is 3. The van der Waals surface area contributed by atoms with Crippen molar-refractivity contribution < 1.29 is 0 Å². The average Bonchev–Trinajstić information content (AvgIpc) is 3.52. The van der Waals surface area contributed by atoms with Crippen LogP contribution in [0.5, 0.6) is 0 Å². The van der Waals surface area contributed by atoms with Crippen molar-refractivity contribution in [2.75, 3.05) is 0 Å². The first-order valence-corrected chi connectivity index (χ1v) is 13.1. The van der Waals surface area contributed by atoms with E-state index in [1.54, 1.807) is 11.1 Å². The molecule has 2 fully saturated rings. The Kier molecular flexibility index (Phi) is 4.38. The molecule has 1 heterocycles. The van der Waals surface area contributed by atoms with Crippen molar-refractivity contribution in [3.05, 3.63) is 88.6 Å². The van der Waals surface area contributed by atoms with Crippen LogP contribution in [0, 0.1) is 12.3 Å². The second kappa shape index (κ2) is 7.28. The highest BCUT2D eigenvalue weighted by atomic mass is 14.7. The van der Waals surface area contributed by atoms with E-state index in [2.05, 4.69) is 81.6 Å². The molecule has 0 amide bonds. The molecule has 1 heteroatoms. The summed E-state index contributed by atoms with van der Waals surface area (Å²) in [6.07, 6.45) is 9.67. The fraction of sp³-hybridized carbons (Fsp3) is 0.364. The van der Waals surface area contributed by atoms with Gasteiger partial charge in [-0.2, -0.15) is 0 Å². The monoisotopic (exact) mass is 443 g/mol. The molecule has 4 aromatic rings. The largest absolute Gasteiger partial charge is 0.256 e. The molecule has 1 aromatic heterocycles. The standard InChI is InChI=1S/C33H33N/c1-20-14-28-25-7-5-4-6-22(25)16-29(28)30(15-20)32-31-18-24(23-10-12-33(2,3)19-23)17-27(21-8-9-21)26(31)11-13-34-32/h4-7,11,13-15,17-18,21,23H,8-10,12,16,19H2,1-3H3. The van der Waals surface area contributed by atoms with E-state index in [9.17, 15) is 0 Å². The Hall–Kier alpha value is -2.93. The van der Waals surface area contributed by atoms with Gasteiger partial charge in [-0.15, -0.1) is 0 Å². The summed E-state index contributed by atoms with van der Waals surface area (Å²) in [4.78, 5) is 5.08. The molecule has 0 N–H and O–H groups in total. The molecular weight excluding hydrogens is 410 g/mol. The fourth-order valence-corrected chi connectivity index (χ4v) is 6.83. The number of aryl methyl sites for hydroxylation is 1. The zero-order valence-electron chi connectivity index (χ0n) is 20.6. The maximum absolute atomic E-state index is 5.08. The first-order chi connectivity index (χ1) is 16.5. The van der Waals surface area contributed by atoms with Crippen molar-refractivity contribution in [3.63, 3.8) is 0 Å². The van der Waals surface area contributed by atoms with Gasteiger partial charge in [-0.25, -0.2) is 0 Å². The van der Waals surface area contributed by atoms with Crippen molar-refractivity contribution in [3.8, 4) is 22.4 Å². The fourth-order valence-electron chi connectivity index (χ4n) is 6.83. The van der Waals surface area contributed by atoms with Gasteiger partial charge in [0.1, 0.15) is 0 Å². The van der Waals surface area contributed by atoms with Crippen molar-refractivity contribution >= 4 is 10.8 Å². The van der Waals surface area contributed by atoms with Crippen LogP contribution in [-0.4, -0.2) is 4.98 Å². The number of aromatic nitrogens is 1. The lowest BCUT2D eigenvalue weighted by Crippen LogP contribution is -2.05. The van der Waals surface area contributed by atoms with Gasteiger partial charge >= 0.3 is 0 Å². The van der Waals surface area contributed by atoms with Crippen molar-refractivity contribution in [2.24, 2.45) is 5.41 Å². The Morgan fingerprint density at radius 3 is 2.44 bits per heavy atom. The van der Waals surface area contributed by atoms with Crippen molar-refractivity contribution in [1.29, 1.82) is 0 Å². The molecule has 0 aliphatic heterocycles. The summed E-state index contributed by atoms with van der Waals surface area (Å²) in [5.41, 5.74) is 13.1. The van der Waals surface area contributed by atoms with Crippen LogP contribution in [0.1, 0.15) is 85.6 Å². The van der Waals surface area contributed by atoms with Crippen molar-refractivity contribution in [1.82, 2.24) is 4.98 Å². The van der Waals surface area contributed by atoms with Gasteiger partial charge in [-0.05, 0) is 125 Å². The van der Waals surface area contributed by atoms with Crippen LogP contribution in [0.25, 0.3) is 33.2 Å². The molecule has 0 saturated heterocycles. The Labute approximate surface area is 203 Å². The number of rotatable bonds is 3. The van der Waals surface area contributed by atoms with Crippen LogP contribution in [0.2, 0.25) is 0 Å². The number of nitrogens with zero attached hydrogens (tertiary/aromatic N) is 1. The maximum atomic E-state index is 5.08. The summed E-state index contributed by atoms with van der Waals surface area (Å²) in [6.45, 7) is 7.12. The Bertz CT molecular complexity index is 1450. The van der Waals surface area contributed by atoms with Crippen LogP contribution in [0.15, 0.2) is 60.8 Å². The molecule has 3 aliphatic rings. The van der Waals surface area contributed by atoms with Gasteiger partial charge < -0.3 is 0 Å². The van der Waals surface area contributed by atoms with E-state index < -0.39 is 0 Å². The highest BCUT2D eigenvalue weighted by Gasteiger charge is 2.34. The number of fused-ring (bicyclic) bond motifs is 4. The second-order valence-electron chi connectivity index (χ2n) is 11.9. The maximum Gasteiger partial charge on any atom is 0.0783 e. The SMILES string of the molecule is Cc1cc2c(c(-c3nccc4c(C5CC5)cc(C5CCC(C)(C)C5)cc34)c1)Cc1ccccc1-2. The first-order valence-electron chi connectivity index (χ1n) is 13.1. The molecule has 0 radical (unpaired) electrons. The quantitative estimate of drug-likeness (QED) is 0.271. The van der Waals surface area contributed by atoms with E-state index in [4.69, 9.17) is 4.98 Å². The Morgan fingerprint density at radius 1 is 0.824 bits per heavy atom. The van der Waals surface area contributed by atoms with Gasteiger partial charge in [0.25, 0.3) is 0 Å². The third kappa shape index (κ3) is 3.24. The molecule has 7 rings (SSSR count). The molecular formula is C33H33N. The summed E-state index contributed by atoms with van der Waals surface area (Å²) in [5.74, 6) is 1.41. The summed E-state index contributed by atoms with van der Waals surface area (Å²) in [6, 6.07) is 21.0. The molecule has 1 nitrogen and oxygen atoms in total. The molecule has 0 spiro atoms. The van der Waals surface area contributed by atoms with Crippen LogP contribution in [-0.2, 0) is 6.42 Å². The third-order valence-electron chi connectivity index (χ3n) is 8.72.